The van der Waals surface area contributed by atoms with E-state index in [9.17, 15) is 22.4 Å². The minimum Gasteiger partial charge on any atom is -0.383 e. The topological polar surface area (TPSA) is 103 Å². The average molecular weight is 513 g/mol. The first-order valence-electron chi connectivity index (χ1n) is 11.6. The van der Waals surface area contributed by atoms with E-state index < -0.39 is 20.9 Å². The first-order valence-corrected chi connectivity index (χ1v) is 13.1. The summed E-state index contributed by atoms with van der Waals surface area (Å²) in [6.45, 7) is 1.12. The molecule has 1 fully saturated rings. The number of likely N-dealkylation sites (tertiary alicyclic amines) is 1. The Morgan fingerprint density at radius 1 is 1.14 bits per heavy atom. The van der Waals surface area contributed by atoms with E-state index >= 15 is 0 Å². The van der Waals surface area contributed by atoms with Gasteiger partial charge in [-0.15, -0.1) is 0 Å². The third kappa shape index (κ3) is 4.18. The van der Waals surface area contributed by atoms with Crippen LogP contribution in [0.25, 0.3) is 16.7 Å². The van der Waals surface area contributed by atoms with Gasteiger partial charge < -0.3 is 14.2 Å². The number of carbonyl (C=O) groups is 1. The molecule has 11 heteroatoms. The van der Waals surface area contributed by atoms with E-state index in [0.717, 1.165) is 12.1 Å². The molecule has 0 bridgehead atoms. The number of benzene rings is 1. The summed E-state index contributed by atoms with van der Waals surface area (Å²) in [6, 6.07) is 11.6. The summed E-state index contributed by atoms with van der Waals surface area (Å²) in [5.74, 6) is -0.796. The number of halogens is 1. The zero-order valence-electron chi connectivity index (χ0n) is 19.6. The summed E-state index contributed by atoms with van der Waals surface area (Å²) in [5, 5.41) is -0.338. The number of pyridine rings is 1. The maximum atomic E-state index is 13.6. The van der Waals surface area contributed by atoms with Gasteiger partial charge in [0.05, 0.1) is 22.1 Å². The molecule has 1 aromatic carbocycles. The highest BCUT2D eigenvalue weighted by Gasteiger charge is 2.34. The molecule has 4 heterocycles. The van der Waals surface area contributed by atoms with Crippen molar-refractivity contribution in [3.8, 4) is 0 Å². The number of methoxy groups -OCH3 is 1. The van der Waals surface area contributed by atoms with E-state index in [2.05, 4.69) is 4.98 Å². The Bertz CT molecular complexity index is 1600. The molecule has 0 saturated carbocycles. The van der Waals surface area contributed by atoms with Gasteiger partial charge in [-0.1, -0.05) is 6.07 Å². The number of nitrogens with zero attached hydrogens (tertiary/aromatic N) is 4. The molecule has 0 atom stereocenters. The Hall–Kier alpha value is -3.57. The van der Waals surface area contributed by atoms with E-state index in [1.54, 1.807) is 47.0 Å². The number of fused-ring (bicyclic) bond motifs is 2. The zero-order chi connectivity index (χ0) is 25.4. The van der Waals surface area contributed by atoms with Crippen LogP contribution in [-0.2, 0) is 21.1 Å². The summed E-state index contributed by atoms with van der Waals surface area (Å²) >= 11 is 0. The molecule has 1 saturated heterocycles. The van der Waals surface area contributed by atoms with Crippen LogP contribution in [0.3, 0.4) is 0 Å². The number of hydrogen-bond acceptors (Lipinski definition) is 6. The van der Waals surface area contributed by atoms with Crippen LogP contribution >= 0.6 is 0 Å². The van der Waals surface area contributed by atoms with Crippen LogP contribution in [0.15, 0.2) is 64.4 Å². The third-order valence-electron chi connectivity index (χ3n) is 6.62. The zero-order valence-corrected chi connectivity index (χ0v) is 20.4. The van der Waals surface area contributed by atoms with Crippen molar-refractivity contribution in [3.63, 3.8) is 0 Å². The number of rotatable bonds is 6. The van der Waals surface area contributed by atoms with Crippen molar-refractivity contribution in [2.75, 3.05) is 26.8 Å². The molecular formula is C25H25FN4O5S. The van der Waals surface area contributed by atoms with Gasteiger partial charge in [0.1, 0.15) is 22.8 Å². The van der Waals surface area contributed by atoms with Gasteiger partial charge in [-0.3, -0.25) is 14.0 Å². The predicted octanol–water partition coefficient (Wildman–Crippen LogP) is 2.51. The second-order valence-corrected chi connectivity index (χ2v) is 11.0. The SMILES string of the molecule is COCCn1c(C(=O)N2CCC(S(=O)(=O)c3ccc(F)cc3)CC2)cc2c(=O)n3ccccc3nc21. The summed E-state index contributed by atoms with van der Waals surface area (Å²) < 4.78 is 47.6. The summed E-state index contributed by atoms with van der Waals surface area (Å²) in [7, 11) is -2.09. The second-order valence-electron chi connectivity index (χ2n) is 8.75. The standard InChI is InChI=1S/C25H25FN4O5S/c1-35-15-14-29-21(16-20-23(29)27-22-4-2-3-11-30(22)24(20)31)25(32)28-12-9-19(10-13-28)36(33,34)18-7-5-17(26)6-8-18/h2-8,11,16,19H,9-10,12-15H2,1H3. The Morgan fingerprint density at radius 2 is 1.86 bits per heavy atom. The van der Waals surface area contributed by atoms with Crippen LogP contribution < -0.4 is 5.56 Å². The molecule has 4 aromatic rings. The maximum absolute atomic E-state index is 13.6. The molecule has 1 aliphatic heterocycles. The molecule has 5 rings (SSSR count). The van der Waals surface area contributed by atoms with Crippen LogP contribution in [0.5, 0.6) is 0 Å². The fourth-order valence-electron chi connectivity index (χ4n) is 4.69. The summed E-state index contributed by atoms with van der Waals surface area (Å²) in [4.78, 5) is 33.0. The quantitative estimate of drug-likeness (QED) is 0.368. The van der Waals surface area contributed by atoms with Gasteiger partial charge in [-0.25, -0.2) is 17.8 Å². The molecule has 1 amide bonds. The number of aromatic nitrogens is 3. The van der Waals surface area contributed by atoms with Crippen LogP contribution in [0, 0.1) is 5.82 Å². The van der Waals surface area contributed by atoms with Gasteiger partial charge in [0.2, 0.25) is 0 Å². The van der Waals surface area contributed by atoms with Crippen molar-refractivity contribution < 1.29 is 22.3 Å². The molecule has 0 unspecified atom stereocenters. The molecule has 0 N–H and O–H groups in total. The van der Waals surface area contributed by atoms with E-state index in [-0.39, 0.29) is 42.3 Å². The van der Waals surface area contributed by atoms with Crippen molar-refractivity contribution in [2.24, 2.45) is 0 Å². The smallest absolute Gasteiger partial charge is 0.270 e. The largest absolute Gasteiger partial charge is 0.383 e. The number of carbonyl (C=O) groups excluding carboxylic acids is 1. The van der Waals surface area contributed by atoms with E-state index in [1.807, 2.05) is 0 Å². The number of ether oxygens (including phenoxy) is 1. The van der Waals surface area contributed by atoms with E-state index in [1.165, 1.54) is 16.5 Å². The Kier molecular flexibility index (Phi) is 6.35. The van der Waals surface area contributed by atoms with Gasteiger partial charge in [0, 0.05) is 32.9 Å². The first kappa shape index (κ1) is 24.1. The van der Waals surface area contributed by atoms with Crippen LogP contribution in [-0.4, -0.2) is 65.2 Å². The highest BCUT2D eigenvalue weighted by atomic mass is 32.2. The number of piperidine rings is 1. The lowest BCUT2D eigenvalue weighted by molar-refractivity contribution is 0.0713. The minimum absolute atomic E-state index is 0.0759. The normalized spacial score (nSPS) is 15.1. The third-order valence-corrected chi connectivity index (χ3v) is 8.90. The van der Waals surface area contributed by atoms with Crippen LogP contribution in [0.2, 0.25) is 0 Å². The van der Waals surface area contributed by atoms with E-state index in [4.69, 9.17) is 4.74 Å². The average Bonchev–Trinajstić information content (AvgIpc) is 3.26. The lowest BCUT2D eigenvalue weighted by Crippen LogP contribution is -2.43. The minimum atomic E-state index is -3.64. The highest BCUT2D eigenvalue weighted by Crippen LogP contribution is 2.26. The van der Waals surface area contributed by atoms with Crippen LogP contribution in [0.4, 0.5) is 4.39 Å². The number of sulfone groups is 1. The monoisotopic (exact) mass is 512 g/mol. The molecule has 0 spiro atoms. The Balaban J connectivity index is 1.44. The molecule has 9 nitrogen and oxygen atoms in total. The molecule has 188 valence electrons. The Labute approximate surface area is 206 Å². The Morgan fingerprint density at radius 3 is 2.56 bits per heavy atom. The molecule has 0 radical (unpaired) electrons. The second kappa shape index (κ2) is 9.47. The summed E-state index contributed by atoms with van der Waals surface area (Å²) in [6.07, 6.45) is 2.15. The fraction of sp³-hybridized carbons (Fsp3) is 0.320. The maximum Gasteiger partial charge on any atom is 0.270 e. The lowest BCUT2D eigenvalue weighted by atomic mass is 10.1. The van der Waals surface area contributed by atoms with Crippen molar-refractivity contribution in [2.45, 2.75) is 29.5 Å². The number of amides is 1. The first-order chi connectivity index (χ1) is 17.3. The van der Waals surface area contributed by atoms with E-state index in [0.29, 0.717) is 35.5 Å². The summed E-state index contributed by atoms with van der Waals surface area (Å²) in [5.41, 5.74) is 0.908. The van der Waals surface area contributed by atoms with Crippen molar-refractivity contribution >= 4 is 32.4 Å². The van der Waals surface area contributed by atoms with Crippen LogP contribution in [0.1, 0.15) is 23.3 Å². The van der Waals surface area contributed by atoms with Crippen molar-refractivity contribution in [1.29, 1.82) is 0 Å². The molecular weight excluding hydrogens is 487 g/mol. The highest BCUT2D eigenvalue weighted by molar-refractivity contribution is 7.92. The van der Waals surface area contributed by atoms with Gasteiger partial charge in [-0.05, 0) is 55.3 Å². The molecule has 36 heavy (non-hydrogen) atoms. The lowest BCUT2D eigenvalue weighted by Gasteiger charge is -2.32. The van der Waals surface area contributed by atoms with Gasteiger partial charge in [0.25, 0.3) is 11.5 Å². The van der Waals surface area contributed by atoms with Crippen molar-refractivity contribution in [1.82, 2.24) is 18.9 Å². The number of hydrogen-bond donors (Lipinski definition) is 0. The van der Waals surface area contributed by atoms with Crippen molar-refractivity contribution in [3.05, 3.63) is 76.6 Å². The molecule has 0 aliphatic carbocycles. The van der Waals surface area contributed by atoms with Gasteiger partial charge in [0.15, 0.2) is 9.84 Å². The predicted molar refractivity (Wildman–Crippen MR) is 131 cm³/mol. The fourth-order valence-corrected chi connectivity index (χ4v) is 6.42. The van der Waals surface area contributed by atoms with Gasteiger partial charge in [-0.2, -0.15) is 0 Å². The van der Waals surface area contributed by atoms with Gasteiger partial charge >= 0.3 is 0 Å². The molecule has 3 aromatic heterocycles. The molecule has 1 aliphatic rings.